The second-order valence-corrected chi connectivity index (χ2v) is 18.8. The number of aryl methyl sites for hydroxylation is 1. The van der Waals surface area contributed by atoms with E-state index in [2.05, 4.69) is 15.9 Å². The van der Waals surface area contributed by atoms with Crippen LogP contribution < -0.4 is 14.4 Å². The molecule has 0 saturated carbocycles. The van der Waals surface area contributed by atoms with Crippen LogP contribution in [0.5, 0.6) is 11.5 Å². The zero-order valence-corrected chi connectivity index (χ0v) is 38.6. The van der Waals surface area contributed by atoms with Crippen LogP contribution in [0.2, 0.25) is 5.02 Å². The van der Waals surface area contributed by atoms with Crippen molar-refractivity contribution >= 4 is 78.4 Å². The van der Waals surface area contributed by atoms with Crippen molar-refractivity contribution in [2.45, 2.75) is 24.7 Å². The van der Waals surface area contributed by atoms with Crippen molar-refractivity contribution in [2.75, 3.05) is 19.1 Å². The predicted octanol–water partition coefficient (Wildman–Crippen LogP) is 17.5. The van der Waals surface area contributed by atoms with Gasteiger partial charge in [-0.05, 0) is 151 Å². The summed E-state index contributed by atoms with van der Waals surface area (Å²) in [5, 5.41) is 0.566. The number of anilines is 3. The van der Waals surface area contributed by atoms with Gasteiger partial charge in [-0.1, -0.05) is 69.5 Å². The monoisotopic (exact) mass is 997 g/mol. The normalized spacial score (nSPS) is 15.0. The summed E-state index contributed by atoms with van der Waals surface area (Å²) in [6.45, 7) is 1.99. The van der Waals surface area contributed by atoms with Crippen LogP contribution in [-0.4, -0.2) is 32.0 Å². The molecule has 0 bridgehead atoms. The highest BCUT2D eigenvalue weighted by Gasteiger charge is 2.80. The molecule has 1 aliphatic carbocycles. The average Bonchev–Trinajstić information content (AvgIpc) is 3.97. The molecular formula is C52H35BrClF6NO2S2. The van der Waals surface area contributed by atoms with Crippen LogP contribution in [0.1, 0.15) is 16.7 Å². The van der Waals surface area contributed by atoms with Gasteiger partial charge in [0.25, 0.3) is 0 Å². The summed E-state index contributed by atoms with van der Waals surface area (Å²) in [6.07, 6.45) is 0. The zero-order chi connectivity index (χ0) is 45.8. The van der Waals surface area contributed by atoms with Crippen molar-refractivity contribution in [3.8, 4) is 53.3 Å². The topological polar surface area (TPSA) is 21.7 Å². The second kappa shape index (κ2) is 17.2. The van der Waals surface area contributed by atoms with E-state index in [9.17, 15) is 0 Å². The van der Waals surface area contributed by atoms with Crippen molar-refractivity contribution < 1.29 is 35.8 Å². The average molecular weight is 999 g/mol. The van der Waals surface area contributed by atoms with Crippen LogP contribution >= 0.6 is 50.2 Å². The molecule has 0 unspecified atom stereocenters. The van der Waals surface area contributed by atoms with Gasteiger partial charge >= 0.3 is 17.8 Å². The maximum Gasteiger partial charge on any atom is 0.380 e. The van der Waals surface area contributed by atoms with E-state index in [-0.39, 0.29) is 9.75 Å². The number of methoxy groups -OCH3 is 2. The molecule has 0 amide bonds. The molecule has 13 heteroatoms. The summed E-state index contributed by atoms with van der Waals surface area (Å²) in [5.74, 6) is -15.5. The molecule has 2 heterocycles. The molecule has 0 saturated heterocycles. The van der Waals surface area contributed by atoms with Gasteiger partial charge in [0.2, 0.25) is 0 Å². The first-order chi connectivity index (χ1) is 31.1. The molecule has 9 rings (SSSR count). The Hall–Kier alpha value is -5.79. The number of benzene rings is 6. The number of thiophene rings is 2. The largest absolute Gasteiger partial charge is 0.497 e. The molecular weight excluding hydrogens is 964 g/mol. The van der Waals surface area contributed by atoms with Crippen molar-refractivity contribution in [1.29, 1.82) is 0 Å². The van der Waals surface area contributed by atoms with Gasteiger partial charge in [-0.3, -0.25) is 0 Å². The minimum absolute atomic E-state index is 0.101. The van der Waals surface area contributed by atoms with Crippen LogP contribution in [-0.2, 0) is 0 Å². The number of hydrogen-bond acceptors (Lipinski definition) is 5. The molecule has 65 heavy (non-hydrogen) atoms. The third-order valence-electron chi connectivity index (χ3n) is 11.3. The molecule has 1 aliphatic rings. The highest BCUT2D eigenvalue weighted by Crippen LogP contribution is 2.67. The van der Waals surface area contributed by atoms with Crippen molar-refractivity contribution in [2.24, 2.45) is 0 Å². The summed E-state index contributed by atoms with van der Waals surface area (Å²) in [7, 11) is 2.92. The fraction of sp³-hybridized carbons (Fsp3) is 0.115. The van der Waals surface area contributed by atoms with E-state index in [1.807, 2.05) is 60.4 Å². The molecule has 0 fully saturated rings. The number of rotatable bonds is 11. The number of nitrogens with zero attached hydrogens (tertiary/aromatic N) is 1. The van der Waals surface area contributed by atoms with Gasteiger partial charge in [0.1, 0.15) is 11.5 Å². The van der Waals surface area contributed by atoms with E-state index >= 15 is 26.3 Å². The van der Waals surface area contributed by atoms with E-state index in [4.69, 9.17) is 21.1 Å². The Morgan fingerprint density at radius 2 is 0.846 bits per heavy atom. The predicted molar refractivity (Wildman–Crippen MR) is 257 cm³/mol. The van der Waals surface area contributed by atoms with Gasteiger partial charge in [0.15, 0.2) is 0 Å². The van der Waals surface area contributed by atoms with Crippen LogP contribution in [0.3, 0.4) is 0 Å². The molecule has 0 atom stereocenters. The Kier molecular flexibility index (Phi) is 11.8. The molecule has 328 valence electrons. The van der Waals surface area contributed by atoms with Crippen molar-refractivity contribution in [3.05, 3.63) is 184 Å². The molecule has 0 radical (unpaired) electrons. The van der Waals surface area contributed by atoms with Gasteiger partial charge in [-0.25, -0.2) is 0 Å². The summed E-state index contributed by atoms with van der Waals surface area (Å²) in [6, 6.07) is 44.9. The second-order valence-electron chi connectivity index (χ2n) is 15.3. The summed E-state index contributed by atoms with van der Waals surface area (Å²) >= 11 is 11.7. The third-order valence-corrected chi connectivity index (χ3v) is 14.5. The maximum atomic E-state index is 16.9. The van der Waals surface area contributed by atoms with Gasteiger partial charge in [0, 0.05) is 68.3 Å². The third kappa shape index (κ3) is 7.94. The lowest BCUT2D eigenvalue weighted by Gasteiger charge is -2.26. The molecule has 0 aliphatic heterocycles. The quantitative estimate of drug-likeness (QED) is 0.121. The molecule has 2 aromatic heterocycles. The van der Waals surface area contributed by atoms with E-state index in [0.717, 1.165) is 49.8 Å². The van der Waals surface area contributed by atoms with Gasteiger partial charge in [0.05, 0.1) is 14.2 Å². The maximum absolute atomic E-state index is 16.9. The van der Waals surface area contributed by atoms with Gasteiger partial charge in [-0.2, -0.15) is 26.3 Å². The van der Waals surface area contributed by atoms with Crippen molar-refractivity contribution in [1.82, 2.24) is 0 Å². The minimum atomic E-state index is -5.80. The number of alkyl halides is 6. The highest BCUT2D eigenvalue weighted by atomic mass is 79.9. The Balaban J connectivity index is 1.27. The Bertz CT molecular complexity index is 3000. The molecule has 8 aromatic rings. The minimum Gasteiger partial charge on any atom is -0.497 e. The van der Waals surface area contributed by atoms with E-state index in [1.165, 1.54) is 26.4 Å². The van der Waals surface area contributed by atoms with Crippen LogP contribution in [0.15, 0.2) is 162 Å². The highest BCUT2D eigenvalue weighted by molar-refractivity contribution is 9.10. The van der Waals surface area contributed by atoms with Gasteiger partial charge in [-0.15, -0.1) is 22.7 Å². The lowest BCUT2D eigenvalue weighted by molar-refractivity contribution is -0.254. The summed E-state index contributed by atoms with van der Waals surface area (Å²) in [5.41, 5.74) is 1.60. The Morgan fingerprint density at radius 3 is 1.25 bits per heavy atom. The Morgan fingerprint density at radius 1 is 0.492 bits per heavy atom. The fourth-order valence-electron chi connectivity index (χ4n) is 7.90. The molecule has 6 aromatic carbocycles. The summed E-state index contributed by atoms with van der Waals surface area (Å²) in [4.78, 5) is 3.04. The fourth-order valence-corrected chi connectivity index (χ4v) is 10.6. The number of hydrogen-bond donors (Lipinski definition) is 0. The van der Waals surface area contributed by atoms with Crippen LogP contribution in [0, 0.1) is 6.92 Å². The van der Waals surface area contributed by atoms with Gasteiger partial charge < -0.3 is 14.4 Å². The Labute approximate surface area is 392 Å². The molecule has 0 spiro atoms. The lowest BCUT2D eigenvalue weighted by atomic mass is 9.92. The zero-order valence-electron chi connectivity index (χ0n) is 34.6. The standard InChI is InChI=1S/C52H35BrClF6NO2S2/c1-30-4-18-37(19-5-30)61(39-22-16-36(54)17-23-39)38-20-8-32(9-21-38)45-29-43(49(65-45)34-12-26-41(63-3)27-13-34)47-46(50(55,56)52(59,60)51(47,57)58)42-28-44(31-6-14-35(53)15-7-31)64-48(42)33-10-24-40(62-2)25-11-33/h4-29H,1-3H3. The van der Waals surface area contributed by atoms with Crippen LogP contribution in [0.4, 0.5) is 43.4 Å². The van der Waals surface area contributed by atoms with E-state index < -0.39 is 40.0 Å². The first kappa shape index (κ1) is 44.4. The SMILES string of the molecule is COc1ccc(-c2sc(-c3ccc(Br)cc3)cc2C2=C(c3cc(-c4ccc(N(c5ccc(C)cc5)c5ccc(Cl)cc5)cc4)sc3-c3ccc(OC)cc3)C(F)(F)C(F)(F)C2(F)F)cc1. The lowest BCUT2D eigenvalue weighted by Crippen LogP contribution is -2.48. The summed E-state index contributed by atoms with van der Waals surface area (Å²) < 4.78 is 111. The van der Waals surface area contributed by atoms with Crippen molar-refractivity contribution in [3.63, 3.8) is 0 Å². The number of ether oxygens (including phenoxy) is 2. The number of halogens is 8. The van der Waals surface area contributed by atoms with E-state index in [0.29, 0.717) is 48.5 Å². The molecule has 3 nitrogen and oxygen atoms in total. The first-order valence-electron chi connectivity index (χ1n) is 20.1. The first-order valence-corrected chi connectivity index (χ1v) is 22.9. The smallest absolute Gasteiger partial charge is 0.380 e. The number of allylic oxidation sites excluding steroid dienone is 2. The van der Waals surface area contributed by atoms with Crippen LogP contribution in [0.25, 0.3) is 52.9 Å². The molecule has 0 N–H and O–H groups in total. The van der Waals surface area contributed by atoms with E-state index in [1.54, 1.807) is 97.1 Å².